The van der Waals surface area contributed by atoms with E-state index in [9.17, 15) is 9.59 Å². The molecular formula is C12H22N2O4. The van der Waals surface area contributed by atoms with Crippen molar-refractivity contribution in [3.63, 3.8) is 0 Å². The number of likely N-dealkylation sites (N-methyl/N-ethyl adjacent to an activating group) is 1. The van der Waals surface area contributed by atoms with Gasteiger partial charge in [-0.25, -0.2) is 4.79 Å². The first kappa shape index (κ1) is 14.8. The molecule has 0 atom stereocenters. The number of carbonyl (C=O) groups excluding carboxylic acids is 1. The minimum atomic E-state index is -0.734. The minimum Gasteiger partial charge on any atom is -0.481 e. The number of nitrogens with zero attached hydrogens (tertiary/aromatic N) is 1. The zero-order chi connectivity index (χ0) is 13.5. The molecule has 0 aromatic carbocycles. The van der Waals surface area contributed by atoms with Gasteiger partial charge in [0.15, 0.2) is 0 Å². The fraction of sp³-hybridized carbons (Fsp3) is 0.833. The quantitative estimate of drug-likeness (QED) is 0.766. The SMILES string of the molecule is CN(C)CCOC(=O)N[C@H]1CC[C@H](C(=O)O)CC1. The van der Waals surface area contributed by atoms with Crippen molar-refractivity contribution in [1.82, 2.24) is 10.2 Å². The summed E-state index contributed by atoms with van der Waals surface area (Å²) >= 11 is 0. The van der Waals surface area contributed by atoms with Crippen molar-refractivity contribution in [2.75, 3.05) is 27.2 Å². The molecule has 0 heterocycles. The first-order valence-corrected chi connectivity index (χ1v) is 6.30. The number of carboxylic acids is 1. The first-order valence-electron chi connectivity index (χ1n) is 6.30. The van der Waals surface area contributed by atoms with Crippen molar-refractivity contribution in [1.29, 1.82) is 0 Å². The van der Waals surface area contributed by atoms with Crippen molar-refractivity contribution < 1.29 is 19.4 Å². The molecule has 1 fully saturated rings. The molecule has 0 spiro atoms. The van der Waals surface area contributed by atoms with E-state index in [1.54, 1.807) is 0 Å². The lowest BCUT2D eigenvalue weighted by Gasteiger charge is -2.26. The van der Waals surface area contributed by atoms with Crippen molar-refractivity contribution in [3.05, 3.63) is 0 Å². The standard InChI is InChI=1S/C12H22N2O4/c1-14(2)7-8-18-12(17)13-10-5-3-9(4-6-10)11(15)16/h9-10H,3-8H2,1-2H3,(H,13,17)(H,15,16)/t9-,10-. The number of hydrogen-bond acceptors (Lipinski definition) is 4. The van der Waals surface area contributed by atoms with E-state index in [4.69, 9.17) is 9.84 Å². The molecule has 1 saturated carbocycles. The van der Waals surface area contributed by atoms with Crippen LogP contribution in [0, 0.1) is 5.92 Å². The highest BCUT2D eigenvalue weighted by molar-refractivity contribution is 5.70. The fourth-order valence-corrected chi connectivity index (χ4v) is 2.01. The number of rotatable bonds is 5. The summed E-state index contributed by atoms with van der Waals surface area (Å²) in [6.45, 7) is 1.06. The average molecular weight is 258 g/mol. The molecule has 1 aliphatic carbocycles. The summed E-state index contributed by atoms with van der Waals surface area (Å²) < 4.78 is 5.02. The fourth-order valence-electron chi connectivity index (χ4n) is 2.01. The summed E-state index contributed by atoms with van der Waals surface area (Å²) in [6.07, 6.45) is 2.26. The van der Waals surface area contributed by atoms with Crippen molar-refractivity contribution in [2.45, 2.75) is 31.7 Å². The van der Waals surface area contributed by atoms with Crippen LogP contribution in [0.2, 0.25) is 0 Å². The Morgan fingerprint density at radius 1 is 1.28 bits per heavy atom. The number of amides is 1. The summed E-state index contributed by atoms with van der Waals surface area (Å²) in [5.41, 5.74) is 0. The molecule has 0 saturated heterocycles. The molecular weight excluding hydrogens is 236 g/mol. The van der Waals surface area contributed by atoms with E-state index in [1.807, 2.05) is 19.0 Å². The zero-order valence-electron chi connectivity index (χ0n) is 11.0. The summed E-state index contributed by atoms with van der Waals surface area (Å²) in [6, 6.07) is 0.0486. The molecule has 0 aliphatic heterocycles. The van der Waals surface area contributed by atoms with Gasteiger partial charge in [-0.15, -0.1) is 0 Å². The van der Waals surface area contributed by atoms with Crippen LogP contribution in [0.5, 0.6) is 0 Å². The van der Waals surface area contributed by atoms with Gasteiger partial charge in [-0.05, 0) is 39.8 Å². The van der Waals surface area contributed by atoms with Crippen LogP contribution >= 0.6 is 0 Å². The van der Waals surface area contributed by atoms with Crippen LogP contribution in [0.3, 0.4) is 0 Å². The van der Waals surface area contributed by atoms with Gasteiger partial charge in [-0.3, -0.25) is 4.79 Å². The lowest BCUT2D eigenvalue weighted by molar-refractivity contribution is -0.142. The molecule has 2 N–H and O–H groups in total. The first-order chi connectivity index (χ1) is 8.49. The van der Waals surface area contributed by atoms with Crippen molar-refractivity contribution in [2.24, 2.45) is 5.92 Å². The van der Waals surface area contributed by atoms with Crippen LogP contribution in [0.15, 0.2) is 0 Å². The van der Waals surface area contributed by atoms with E-state index in [2.05, 4.69) is 5.32 Å². The van der Waals surface area contributed by atoms with E-state index in [0.29, 0.717) is 38.8 Å². The average Bonchev–Trinajstić information content (AvgIpc) is 2.29. The Kier molecular flexibility index (Phi) is 5.91. The molecule has 18 heavy (non-hydrogen) atoms. The number of aliphatic carboxylic acids is 1. The number of nitrogens with one attached hydrogen (secondary N) is 1. The molecule has 0 bridgehead atoms. The van der Waals surface area contributed by atoms with Crippen LogP contribution in [0.1, 0.15) is 25.7 Å². The Bertz CT molecular complexity index is 286. The van der Waals surface area contributed by atoms with Crippen LogP contribution < -0.4 is 5.32 Å². The number of carbonyl (C=O) groups is 2. The largest absolute Gasteiger partial charge is 0.481 e. The Hall–Kier alpha value is -1.30. The maximum atomic E-state index is 11.4. The third-order valence-corrected chi connectivity index (χ3v) is 3.17. The van der Waals surface area contributed by atoms with Crippen LogP contribution in [0.25, 0.3) is 0 Å². The van der Waals surface area contributed by atoms with Gasteiger partial charge in [0.05, 0.1) is 5.92 Å². The van der Waals surface area contributed by atoms with Crippen molar-refractivity contribution >= 4 is 12.1 Å². The van der Waals surface area contributed by atoms with Crippen molar-refractivity contribution in [3.8, 4) is 0 Å². The number of ether oxygens (including phenoxy) is 1. The topological polar surface area (TPSA) is 78.9 Å². The van der Waals surface area contributed by atoms with Crippen LogP contribution in [-0.4, -0.2) is 55.4 Å². The predicted octanol–water partition coefficient (Wildman–Crippen LogP) is 0.918. The smallest absolute Gasteiger partial charge is 0.407 e. The summed E-state index contributed by atoms with van der Waals surface area (Å²) in [4.78, 5) is 24.1. The molecule has 6 heteroatoms. The van der Waals surface area contributed by atoms with E-state index >= 15 is 0 Å². The molecule has 1 amide bonds. The predicted molar refractivity (Wildman–Crippen MR) is 66.4 cm³/mol. The Balaban J connectivity index is 2.16. The highest BCUT2D eigenvalue weighted by Crippen LogP contribution is 2.24. The zero-order valence-corrected chi connectivity index (χ0v) is 11.0. The second kappa shape index (κ2) is 7.20. The molecule has 1 rings (SSSR count). The van der Waals surface area contributed by atoms with Gasteiger partial charge in [-0.1, -0.05) is 0 Å². The highest BCUT2D eigenvalue weighted by atomic mass is 16.5. The van der Waals surface area contributed by atoms with Gasteiger partial charge in [0, 0.05) is 12.6 Å². The number of hydrogen-bond donors (Lipinski definition) is 2. The third kappa shape index (κ3) is 5.35. The Labute approximate surface area is 107 Å². The van der Waals surface area contributed by atoms with Crippen LogP contribution in [0.4, 0.5) is 4.79 Å². The van der Waals surface area contributed by atoms with Gasteiger partial charge in [0.2, 0.25) is 0 Å². The maximum absolute atomic E-state index is 11.4. The number of alkyl carbamates (subject to hydrolysis) is 1. The normalized spacial score (nSPS) is 23.7. The molecule has 0 radical (unpaired) electrons. The van der Waals surface area contributed by atoms with Gasteiger partial charge < -0.3 is 20.1 Å². The molecule has 1 aliphatic rings. The molecule has 0 aromatic heterocycles. The van der Waals surface area contributed by atoms with Gasteiger partial charge in [0.1, 0.15) is 6.61 Å². The summed E-state index contributed by atoms with van der Waals surface area (Å²) in [7, 11) is 3.82. The molecule has 104 valence electrons. The molecule has 6 nitrogen and oxygen atoms in total. The highest BCUT2D eigenvalue weighted by Gasteiger charge is 2.26. The Morgan fingerprint density at radius 3 is 2.39 bits per heavy atom. The van der Waals surface area contributed by atoms with E-state index in [1.165, 1.54) is 0 Å². The van der Waals surface area contributed by atoms with E-state index in [0.717, 1.165) is 0 Å². The van der Waals surface area contributed by atoms with Gasteiger partial charge in [0.25, 0.3) is 0 Å². The number of carboxylic acid groups (broad SMARTS) is 1. The second-order valence-corrected chi connectivity index (χ2v) is 4.97. The van der Waals surface area contributed by atoms with E-state index < -0.39 is 12.1 Å². The minimum absolute atomic E-state index is 0.0486. The summed E-state index contributed by atoms with van der Waals surface area (Å²) in [5, 5.41) is 11.6. The Morgan fingerprint density at radius 2 is 1.89 bits per heavy atom. The molecule has 0 unspecified atom stereocenters. The second-order valence-electron chi connectivity index (χ2n) is 4.97. The lowest BCUT2D eigenvalue weighted by atomic mass is 9.86. The van der Waals surface area contributed by atoms with Gasteiger partial charge in [-0.2, -0.15) is 0 Å². The van der Waals surface area contributed by atoms with Crippen LogP contribution in [-0.2, 0) is 9.53 Å². The monoisotopic (exact) mass is 258 g/mol. The third-order valence-electron chi connectivity index (χ3n) is 3.17. The molecule has 0 aromatic rings. The van der Waals surface area contributed by atoms with Gasteiger partial charge >= 0.3 is 12.1 Å². The van der Waals surface area contributed by atoms with E-state index in [-0.39, 0.29) is 12.0 Å². The lowest BCUT2D eigenvalue weighted by Crippen LogP contribution is -2.39. The summed E-state index contributed by atoms with van der Waals surface area (Å²) in [5.74, 6) is -0.991. The maximum Gasteiger partial charge on any atom is 0.407 e.